The summed E-state index contributed by atoms with van der Waals surface area (Å²) in [4.78, 5) is 16.8. The van der Waals surface area contributed by atoms with Gasteiger partial charge >= 0.3 is 0 Å². The Morgan fingerprint density at radius 3 is 3.05 bits per heavy atom. The van der Waals surface area contributed by atoms with Crippen molar-refractivity contribution in [2.24, 2.45) is 4.99 Å². The van der Waals surface area contributed by atoms with Crippen LogP contribution < -0.4 is 10.6 Å². The Balaban J connectivity index is 1.77. The molecule has 0 spiro atoms. The molecule has 2 aromatic heterocycles. The van der Waals surface area contributed by atoms with Crippen molar-refractivity contribution in [1.29, 1.82) is 0 Å². The second kappa shape index (κ2) is 5.50. The minimum atomic E-state index is 0.221. The van der Waals surface area contributed by atoms with Crippen LogP contribution in [0.4, 0.5) is 5.13 Å². The van der Waals surface area contributed by atoms with Gasteiger partial charge in [0.1, 0.15) is 5.69 Å². The van der Waals surface area contributed by atoms with Crippen LogP contribution in [0.15, 0.2) is 22.6 Å². The average Bonchev–Trinajstić information content (AvgIpc) is 2.88. The molecular weight excluding hydrogens is 284 g/mol. The van der Waals surface area contributed by atoms with E-state index in [2.05, 4.69) is 30.6 Å². The highest BCUT2D eigenvalue weighted by atomic mass is 35.5. The molecule has 0 saturated heterocycles. The summed E-state index contributed by atoms with van der Waals surface area (Å²) in [7, 11) is 0. The van der Waals surface area contributed by atoms with Gasteiger partial charge in [0.2, 0.25) is 5.28 Å². The molecule has 0 radical (unpaired) electrons. The molecule has 3 heterocycles. The van der Waals surface area contributed by atoms with Gasteiger partial charge in [0.15, 0.2) is 11.1 Å². The number of hydrogen-bond donors (Lipinski definition) is 2. The van der Waals surface area contributed by atoms with Crippen LogP contribution in [0.1, 0.15) is 6.42 Å². The maximum absolute atomic E-state index is 5.77. The highest BCUT2D eigenvalue weighted by Crippen LogP contribution is 2.23. The molecule has 0 bridgehead atoms. The molecule has 2 aromatic rings. The summed E-state index contributed by atoms with van der Waals surface area (Å²) < 4.78 is 0. The minimum Gasteiger partial charge on any atom is -0.356 e. The summed E-state index contributed by atoms with van der Waals surface area (Å²) in [5.74, 6) is 0.771. The lowest BCUT2D eigenvalue weighted by molar-refractivity contribution is 0.740. The van der Waals surface area contributed by atoms with Gasteiger partial charge in [-0.2, -0.15) is 0 Å². The molecule has 1 aliphatic rings. The standard InChI is InChI=1S/C11H11ClN6S/c12-9-13-5-2-7(16-9)8-6-19-11(17-8)18-10-14-3-1-4-15-10/h2,5-6H,1,3-4H2,(H2,14,15,17,18). The van der Waals surface area contributed by atoms with E-state index in [1.54, 1.807) is 12.3 Å². The van der Waals surface area contributed by atoms with Crippen molar-refractivity contribution in [1.82, 2.24) is 20.3 Å². The van der Waals surface area contributed by atoms with E-state index in [1.165, 1.54) is 11.3 Å². The molecule has 0 amide bonds. The van der Waals surface area contributed by atoms with Crippen molar-refractivity contribution in [3.05, 3.63) is 22.9 Å². The number of guanidine groups is 1. The molecule has 0 aromatic carbocycles. The molecule has 3 rings (SSSR count). The van der Waals surface area contributed by atoms with Gasteiger partial charge in [-0.15, -0.1) is 11.3 Å². The molecule has 19 heavy (non-hydrogen) atoms. The molecule has 0 unspecified atom stereocenters. The van der Waals surface area contributed by atoms with Crippen LogP contribution in [0.5, 0.6) is 0 Å². The Bertz CT molecular complexity index is 611. The number of thiazole rings is 1. The molecule has 0 aliphatic carbocycles. The number of aliphatic imine (C=N–C) groups is 1. The first-order valence-electron chi connectivity index (χ1n) is 5.81. The van der Waals surface area contributed by atoms with Crippen LogP contribution >= 0.6 is 22.9 Å². The molecular formula is C11H11ClN6S. The van der Waals surface area contributed by atoms with E-state index in [9.17, 15) is 0 Å². The Morgan fingerprint density at radius 2 is 2.26 bits per heavy atom. The Kier molecular flexibility index (Phi) is 3.56. The van der Waals surface area contributed by atoms with Crippen molar-refractivity contribution >= 4 is 34.0 Å². The molecule has 6 nitrogen and oxygen atoms in total. The summed E-state index contributed by atoms with van der Waals surface area (Å²) >= 11 is 7.26. The third kappa shape index (κ3) is 2.99. The monoisotopic (exact) mass is 294 g/mol. The molecule has 0 fully saturated rings. The van der Waals surface area contributed by atoms with Crippen molar-refractivity contribution in [3.63, 3.8) is 0 Å². The first kappa shape index (κ1) is 12.3. The van der Waals surface area contributed by atoms with Gasteiger partial charge < -0.3 is 10.6 Å². The molecule has 2 N–H and O–H groups in total. The maximum Gasteiger partial charge on any atom is 0.222 e. The quantitative estimate of drug-likeness (QED) is 0.829. The molecule has 0 saturated carbocycles. The fraction of sp³-hybridized carbons (Fsp3) is 0.273. The summed E-state index contributed by atoms with van der Waals surface area (Å²) in [5.41, 5.74) is 1.48. The average molecular weight is 295 g/mol. The minimum absolute atomic E-state index is 0.221. The largest absolute Gasteiger partial charge is 0.356 e. The topological polar surface area (TPSA) is 75.1 Å². The fourth-order valence-corrected chi connectivity index (χ4v) is 2.49. The highest BCUT2D eigenvalue weighted by molar-refractivity contribution is 7.14. The van der Waals surface area contributed by atoms with Crippen molar-refractivity contribution in [2.45, 2.75) is 6.42 Å². The number of halogens is 1. The Hall–Kier alpha value is -1.73. The van der Waals surface area contributed by atoms with E-state index in [1.807, 2.05) is 5.38 Å². The van der Waals surface area contributed by atoms with Gasteiger partial charge in [0.25, 0.3) is 0 Å². The molecule has 98 valence electrons. The second-order valence-electron chi connectivity index (χ2n) is 3.88. The van der Waals surface area contributed by atoms with Crippen LogP contribution in [0, 0.1) is 0 Å². The van der Waals surface area contributed by atoms with Gasteiger partial charge in [0.05, 0.1) is 5.69 Å². The lowest BCUT2D eigenvalue weighted by Gasteiger charge is -2.14. The summed E-state index contributed by atoms with van der Waals surface area (Å²) in [6.07, 6.45) is 2.68. The summed E-state index contributed by atoms with van der Waals surface area (Å²) in [5, 5.41) is 9.26. The number of anilines is 1. The number of rotatable bonds is 2. The number of hydrogen-bond acceptors (Lipinski definition) is 7. The SMILES string of the molecule is Clc1nccc(-c2csc(NC3=NCCCN3)n2)n1. The zero-order valence-corrected chi connectivity index (χ0v) is 11.5. The van der Waals surface area contributed by atoms with Gasteiger partial charge in [-0.25, -0.2) is 15.0 Å². The van der Waals surface area contributed by atoms with Crippen LogP contribution in [0.3, 0.4) is 0 Å². The Morgan fingerprint density at radius 1 is 1.32 bits per heavy atom. The smallest absolute Gasteiger partial charge is 0.222 e. The van der Waals surface area contributed by atoms with E-state index < -0.39 is 0 Å². The van der Waals surface area contributed by atoms with Gasteiger partial charge in [0, 0.05) is 24.7 Å². The van der Waals surface area contributed by atoms with Gasteiger partial charge in [-0.3, -0.25) is 4.99 Å². The second-order valence-corrected chi connectivity index (χ2v) is 5.08. The number of nitrogens with one attached hydrogen (secondary N) is 2. The van der Waals surface area contributed by atoms with Gasteiger partial charge in [-0.1, -0.05) is 0 Å². The third-order valence-electron chi connectivity index (χ3n) is 2.52. The van der Waals surface area contributed by atoms with Crippen LogP contribution in [-0.4, -0.2) is 34.0 Å². The molecule has 0 atom stereocenters. The third-order valence-corrected chi connectivity index (χ3v) is 3.46. The lowest BCUT2D eigenvalue weighted by Crippen LogP contribution is -2.35. The predicted molar refractivity (Wildman–Crippen MR) is 76.7 cm³/mol. The van der Waals surface area contributed by atoms with E-state index in [4.69, 9.17) is 11.6 Å². The summed E-state index contributed by atoms with van der Waals surface area (Å²) in [6, 6.07) is 1.78. The zero-order chi connectivity index (χ0) is 13.1. The van der Waals surface area contributed by atoms with E-state index in [0.717, 1.165) is 36.3 Å². The van der Waals surface area contributed by atoms with Gasteiger partial charge in [-0.05, 0) is 24.1 Å². The predicted octanol–water partition coefficient (Wildman–Crippen LogP) is 2.01. The molecule has 1 aliphatic heterocycles. The zero-order valence-electron chi connectivity index (χ0n) is 9.93. The van der Waals surface area contributed by atoms with Crippen LogP contribution in [0.2, 0.25) is 5.28 Å². The fourth-order valence-electron chi connectivity index (χ4n) is 1.64. The lowest BCUT2D eigenvalue weighted by atomic mass is 10.3. The molecule has 8 heteroatoms. The van der Waals surface area contributed by atoms with Crippen LogP contribution in [0.25, 0.3) is 11.4 Å². The first-order chi connectivity index (χ1) is 9.31. The summed E-state index contributed by atoms with van der Waals surface area (Å²) in [6.45, 7) is 1.78. The Labute approximate surface area is 119 Å². The number of aromatic nitrogens is 3. The van der Waals surface area contributed by atoms with Crippen molar-refractivity contribution in [3.8, 4) is 11.4 Å². The normalized spacial score (nSPS) is 14.7. The van der Waals surface area contributed by atoms with Crippen molar-refractivity contribution < 1.29 is 0 Å². The van der Waals surface area contributed by atoms with E-state index in [0.29, 0.717) is 5.69 Å². The maximum atomic E-state index is 5.77. The number of nitrogens with zero attached hydrogens (tertiary/aromatic N) is 4. The van der Waals surface area contributed by atoms with Crippen molar-refractivity contribution in [2.75, 3.05) is 18.4 Å². The van der Waals surface area contributed by atoms with E-state index >= 15 is 0 Å². The van der Waals surface area contributed by atoms with E-state index in [-0.39, 0.29) is 5.28 Å². The van der Waals surface area contributed by atoms with Crippen LogP contribution in [-0.2, 0) is 0 Å². The highest BCUT2D eigenvalue weighted by Gasteiger charge is 2.09. The first-order valence-corrected chi connectivity index (χ1v) is 7.07.